The van der Waals surface area contributed by atoms with Gasteiger partial charge in [0.25, 0.3) is 0 Å². The van der Waals surface area contributed by atoms with E-state index in [0.717, 1.165) is 38.8 Å². The standard InChI is InChI=1S/C15H26N2O2/c1-16(2)14(18)13-8-10-17(11-9-13)15(19)12-6-4-3-5-7-12/h12-13H,3-11H2,1-2H3. The van der Waals surface area contributed by atoms with Crippen LogP contribution in [0.2, 0.25) is 0 Å². The summed E-state index contributed by atoms with van der Waals surface area (Å²) in [6, 6.07) is 0. The molecule has 4 heteroatoms. The third-order valence-electron chi connectivity index (χ3n) is 4.55. The minimum atomic E-state index is 0.116. The van der Waals surface area contributed by atoms with Gasteiger partial charge in [0.1, 0.15) is 0 Å². The molecule has 2 amide bonds. The smallest absolute Gasteiger partial charge is 0.225 e. The van der Waals surface area contributed by atoms with Gasteiger partial charge in [0.2, 0.25) is 11.8 Å². The van der Waals surface area contributed by atoms with Crippen LogP contribution in [0.3, 0.4) is 0 Å². The zero-order valence-corrected chi connectivity index (χ0v) is 12.2. The summed E-state index contributed by atoms with van der Waals surface area (Å²) in [5.41, 5.74) is 0. The van der Waals surface area contributed by atoms with Gasteiger partial charge in [-0.1, -0.05) is 19.3 Å². The Labute approximate surface area is 116 Å². The van der Waals surface area contributed by atoms with Gasteiger partial charge >= 0.3 is 0 Å². The van der Waals surface area contributed by atoms with E-state index < -0.39 is 0 Å². The highest BCUT2D eigenvalue weighted by Crippen LogP contribution is 2.27. The van der Waals surface area contributed by atoms with E-state index in [4.69, 9.17) is 0 Å². The Balaban J connectivity index is 1.82. The molecule has 2 rings (SSSR count). The predicted molar refractivity (Wildman–Crippen MR) is 74.6 cm³/mol. The summed E-state index contributed by atoms with van der Waals surface area (Å²) in [5.74, 6) is 0.931. The van der Waals surface area contributed by atoms with Crippen LogP contribution in [0.1, 0.15) is 44.9 Å². The van der Waals surface area contributed by atoms with Gasteiger partial charge in [0.05, 0.1) is 0 Å². The molecule has 1 heterocycles. The van der Waals surface area contributed by atoms with Crippen molar-refractivity contribution in [2.45, 2.75) is 44.9 Å². The van der Waals surface area contributed by atoms with E-state index >= 15 is 0 Å². The van der Waals surface area contributed by atoms with Gasteiger partial charge in [-0.15, -0.1) is 0 Å². The Bertz CT molecular complexity index is 327. The Morgan fingerprint density at radius 1 is 0.895 bits per heavy atom. The molecule has 0 aromatic carbocycles. The average molecular weight is 266 g/mol. The molecule has 0 bridgehead atoms. The fourth-order valence-electron chi connectivity index (χ4n) is 3.32. The fourth-order valence-corrected chi connectivity index (χ4v) is 3.32. The molecule has 0 aromatic heterocycles. The first-order valence-corrected chi connectivity index (χ1v) is 7.59. The van der Waals surface area contributed by atoms with Gasteiger partial charge in [-0.2, -0.15) is 0 Å². The van der Waals surface area contributed by atoms with E-state index in [1.165, 1.54) is 19.3 Å². The second kappa shape index (κ2) is 6.40. The average Bonchev–Trinajstić information content (AvgIpc) is 2.46. The van der Waals surface area contributed by atoms with Gasteiger partial charge in [-0.3, -0.25) is 9.59 Å². The third-order valence-corrected chi connectivity index (χ3v) is 4.55. The number of hydrogen-bond donors (Lipinski definition) is 0. The molecule has 0 radical (unpaired) electrons. The molecule has 0 unspecified atom stereocenters. The number of likely N-dealkylation sites (tertiary alicyclic amines) is 1. The number of piperidine rings is 1. The van der Waals surface area contributed by atoms with E-state index in [1.807, 2.05) is 19.0 Å². The molecular formula is C15H26N2O2. The van der Waals surface area contributed by atoms with Crippen molar-refractivity contribution in [2.24, 2.45) is 11.8 Å². The summed E-state index contributed by atoms with van der Waals surface area (Å²) in [7, 11) is 3.61. The molecule has 19 heavy (non-hydrogen) atoms. The molecular weight excluding hydrogens is 240 g/mol. The van der Waals surface area contributed by atoms with Crippen LogP contribution in [0.4, 0.5) is 0 Å². The van der Waals surface area contributed by atoms with E-state index in [1.54, 1.807) is 4.90 Å². The summed E-state index contributed by atoms with van der Waals surface area (Å²) >= 11 is 0. The minimum absolute atomic E-state index is 0.116. The number of amides is 2. The van der Waals surface area contributed by atoms with Crippen molar-refractivity contribution in [3.8, 4) is 0 Å². The Morgan fingerprint density at radius 3 is 2.00 bits per heavy atom. The zero-order valence-electron chi connectivity index (χ0n) is 12.2. The highest BCUT2D eigenvalue weighted by atomic mass is 16.2. The van der Waals surface area contributed by atoms with Crippen molar-refractivity contribution in [3.63, 3.8) is 0 Å². The largest absolute Gasteiger partial charge is 0.349 e. The van der Waals surface area contributed by atoms with Crippen molar-refractivity contribution in [2.75, 3.05) is 27.2 Å². The van der Waals surface area contributed by atoms with Gasteiger partial charge in [0.15, 0.2) is 0 Å². The van der Waals surface area contributed by atoms with Crippen LogP contribution in [0.25, 0.3) is 0 Å². The van der Waals surface area contributed by atoms with E-state index in [0.29, 0.717) is 5.91 Å². The molecule has 0 N–H and O–H groups in total. The highest BCUT2D eigenvalue weighted by molar-refractivity contribution is 5.81. The molecule has 1 saturated heterocycles. The van der Waals surface area contributed by atoms with Crippen molar-refractivity contribution in [1.82, 2.24) is 9.80 Å². The van der Waals surface area contributed by atoms with Crippen molar-refractivity contribution < 1.29 is 9.59 Å². The topological polar surface area (TPSA) is 40.6 Å². The second-order valence-electron chi connectivity index (χ2n) is 6.17. The lowest BCUT2D eigenvalue weighted by atomic mass is 9.87. The number of carbonyl (C=O) groups excluding carboxylic acids is 2. The van der Waals surface area contributed by atoms with Crippen LogP contribution < -0.4 is 0 Å². The number of hydrogen-bond acceptors (Lipinski definition) is 2. The third kappa shape index (κ3) is 3.48. The molecule has 2 fully saturated rings. The predicted octanol–water partition coefficient (Wildman–Crippen LogP) is 1.89. The molecule has 0 aromatic rings. The maximum Gasteiger partial charge on any atom is 0.225 e. The van der Waals surface area contributed by atoms with Crippen LogP contribution in [-0.4, -0.2) is 48.8 Å². The summed E-state index contributed by atoms with van der Waals surface area (Å²) in [4.78, 5) is 28.0. The Kier molecular flexibility index (Phi) is 4.83. The van der Waals surface area contributed by atoms with Crippen LogP contribution in [0.15, 0.2) is 0 Å². The first-order valence-electron chi connectivity index (χ1n) is 7.59. The van der Waals surface area contributed by atoms with Crippen LogP contribution in [0, 0.1) is 11.8 Å². The van der Waals surface area contributed by atoms with Crippen molar-refractivity contribution in [1.29, 1.82) is 0 Å². The molecule has 4 nitrogen and oxygen atoms in total. The summed E-state index contributed by atoms with van der Waals surface area (Å²) < 4.78 is 0. The highest BCUT2D eigenvalue weighted by Gasteiger charge is 2.31. The Morgan fingerprint density at radius 2 is 1.47 bits per heavy atom. The molecule has 0 spiro atoms. The lowest BCUT2D eigenvalue weighted by molar-refractivity contribution is -0.142. The monoisotopic (exact) mass is 266 g/mol. The summed E-state index contributed by atoms with van der Waals surface area (Å²) in [6.07, 6.45) is 7.47. The number of nitrogens with zero attached hydrogens (tertiary/aromatic N) is 2. The van der Waals surface area contributed by atoms with Gasteiger partial charge < -0.3 is 9.80 Å². The minimum Gasteiger partial charge on any atom is -0.349 e. The summed E-state index contributed by atoms with van der Waals surface area (Å²) in [6.45, 7) is 1.53. The molecule has 1 aliphatic heterocycles. The molecule has 2 aliphatic rings. The maximum absolute atomic E-state index is 12.4. The Hall–Kier alpha value is -1.06. The fraction of sp³-hybridized carbons (Fsp3) is 0.867. The molecule has 1 aliphatic carbocycles. The van der Waals surface area contributed by atoms with Crippen LogP contribution in [-0.2, 0) is 9.59 Å². The van der Waals surface area contributed by atoms with Crippen molar-refractivity contribution in [3.05, 3.63) is 0 Å². The first-order chi connectivity index (χ1) is 9.09. The SMILES string of the molecule is CN(C)C(=O)C1CCN(C(=O)C2CCCCC2)CC1. The van der Waals surface area contributed by atoms with Crippen LogP contribution >= 0.6 is 0 Å². The quantitative estimate of drug-likeness (QED) is 0.766. The lowest BCUT2D eigenvalue weighted by Crippen LogP contribution is -2.45. The zero-order chi connectivity index (χ0) is 13.8. The molecule has 0 atom stereocenters. The van der Waals surface area contributed by atoms with Gasteiger partial charge in [0, 0.05) is 39.0 Å². The van der Waals surface area contributed by atoms with Crippen LogP contribution in [0.5, 0.6) is 0 Å². The lowest BCUT2D eigenvalue weighted by Gasteiger charge is -2.35. The summed E-state index contributed by atoms with van der Waals surface area (Å²) in [5, 5.41) is 0. The normalized spacial score (nSPS) is 22.3. The van der Waals surface area contributed by atoms with Gasteiger partial charge in [-0.25, -0.2) is 0 Å². The molecule has 108 valence electrons. The molecule has 1 saturated carbocycles. The van der Waals surface area contributed by atoms with E-state index in [9.17, 15) is 9.59 Å². The number of carbonyl (C=O) groups is 2. The maximum atomic E-state index is 12.4. The van der Waals surface area contributed by atoms with Crippen molar-refractivity contribution >= 4 is 11.8 Å². The first kappa shape index (κ1) is 14.4. The van der Waals surface area contributed by atoms with Gasteiger partial charge in [-0.05, 0) is 25.7 Å². The van der Waals surface area contributed by atoms with E-state index in [-0.39, 0.29) is 17.7 Å². The van der Waals surface area contributed by atoms with E-state index in [2.05, 4.69) is 0 Å². The second-order valence-corrected chi connectivity index (χ2v) is 6.17. The number of rotatable bonds is 2.